The van der Waals surface area contributed by atoms with E-state index in [1.807, 2.05) is 0 Å². The molecule has 0 aromatic heterocycles. The van der Waals surface area contributed by atoms with E-state index in [0.29, 0.717) is 18.0 Å². The molecule has 1 saturated heterocycles. The van der Waals surface area contributed by atoms with Crippen molar-refractivity contribution in [1.82, 2.24) is 9.80 Å². The first-order valence-corrected chi connectivity index (χ1v) is 9.28. The van der Waals surface area contributed by atoms with Crippen LogP contribution in [0.5, 0.6) is 0 Å². The van der Waals surface area contributed by atoms with Gasteiger partial charge in [0.1, 0.15) is 0 Å². The van der Waals surface area contributed by atoms with E-state index in [0.717, 1.165) is 26.2 Å². The van der Waals surface area contributed by atoms with E-state index in [1.165, 1.54) is 11.1 Å². The molecular formula is C22H30N2. The van der Waals surface area contributed by atoms with Gasteiger partial charge >= 0.3 is 0 Å². The molecule has 1 aliphatic rings. The van der Waals surface area contributed by atoms with Gasteiger partial charge in [0.05, 0.1) is 6.04 Å². The third-order valence-corrected chi connectivity index (χ3v) is 5.34. The van der Waals surface area contributed by atoms with Crippen molar-refractivity contribution < 1.29 is 0 Å². The normalized spacial score (nSPS) is 20.0. The molecule has 0 radical (unpaired) electrons. The van der Waals surface area contributed by atoms with Gasteiger partial charge in [0, 0.05) is 25.7 Å². The number of nitrogens with zero attached hydrogens (tertiary/aromatic N) is 2. The van der Waals surface area contributed by atoms with Crippen LogP contribution in [0.2, 0.25) is 0 Å². The zero-order chi connectivity index (χ0) is 16.9. The summed E-state index contributed by atoms with van der Waals surface area (Å²) in [6.07, 6.45) is 0. The van der Waals surface area contributed by atoms with E-state index in [1.54, 1.807) is 0 Å². The maximum Gasteiger partial charge on any atom is 0.0602 e. The summed E-state index contributed by atoms with van der Waals surface area (Å²) >= 11 is 0. The fourth-order valence-corrected chi connectivity index (χ4v) is 4.01. The summed E-state index contributed by atoms with van der Waals surface area (Å²) in [6.45, 7) is 11.6. The lowest BCUT2D eigenvalue weighted by Gasteiger charge is -2.46. The van der Waals surface area contributed by atoms with Gasteiger partial charge in [0.15, 0.2) is 0 Å². The smallest absolute Gasteiger partial charge is 0.0602 e. The molecule has 2 aromatic carbocycles. The number of piperazine rings is 1. The van der Waals surface area contributed by atoms with E-state index in [9.17, 15) is 0 Å². The van der Waals surface area contributed by atoms with Crippen LogP contribution in [0.25, 0.3) is 0 Å². The number of hydrogen-bond donors (Lipinski definition) is 0. The van der Waals surface area contributed by atoms with Crippen molar-refractivity contribution in [3.8, 4) is 0 Å². The van der Waals surface area contributed by atoms with E-state index in [4.69, 9.17) is 0 Å². The van der Waals surface area contributed by atoms with Gasteiger partial charge in [-0.25, -0.2) is 0 Å². The van der Waals surface area contributed by atoms with Crippen molar-refractivity contribution >= 4 is 0 Å². The Morgan fingerprint density at radius 3 is 1.88 bits per heavy atom. The summed E-state index contributed by atoms with van der Waals surface area (Å²) < 4.78 is 0. The van der Waals surface area contributed by atoms with Gasteiger partial charge in [-0.1, -0.05) is 81.4 Å². The van der Waals surface area contributed by atoms with Crippen LogP contribution in [0.4, 0.5) is 0 Å². The molecule has 1 heterocycles. The summed E-state index contributed by atoms with van der Waals surface area (Å²) in [5.41, 5.74) is 2.80. The molecule has 0 saturated carbocycles. The molecule has 128 valence electrons. The van der Waals surface area contributed by atoms with Crippen LogP contribution in [0.1, 0.15) is 37.9 Å². The molecule has 1 aliphatic heterocycles. The van der Waals surface area contributed by atoms with Crippen molar-refractivity contribution in [2.75, 3.05) is 26.2 Å². The second-order valence-electron chi connectivity index (χ2n) is 7.16. The molecule has 0 spiro atoms. The number of benzene rings is 2. The van der Waals surface area contributed by atoms with Crippen LogP contribution in [-0.2, 0) is 0 Å². The van der Waals surface area contributed by atoms with Gasteiger partial charge in [-0.15, -0.1) is 0 Å². The van der Waals surface area contributed by atoms with Crippen molar-refractivity contribution in [3.05, 3.63) is 71.8 Å². The lowest BCUT2D eigenvalue weighted by Crippen LogP contribution is -2.55. The Morgan fingerprint density at radius 1 is 0.875 bits per heavy atom. The first-order chi connectivity index (χ1) is 11.7. The maximum atomic E-state index is 2.68. The summed E-state index contributed by atoms with van der Waals surface area (Å²) in [7, 11) is 0. The fraction of sp³-hybridized carbons (Fsp3) is 0.455. The Balaban J connectivity index is 1.92. The number of hydrogen-bond acceptors (Lipinski definition) is 2. The van der Waals surface area contributed by atoms with Crippen LogP contribution in [0, 0.1) is 5.92 Å². The van der Waals surface area contributed by atoms with Crippen LogP contribution < -0.4 is 0 Å². The average Bonchev–Trinajstić information content (AvgIpc) is 2.63. The first-order valence-electron chi connectivity index (χ1n) is 9.28. The summed E-state index contributed by atoms with van der Waals surface area (Å²) in [4.78, 5) is 5.33. The molecule has 1 atom stereocenters. The van der Waals surface area contributed by atoms with E-state index in [2.05, 4.69) is 91.2 Å². The Labute approximate surface area is 147 Å². The molecule has 0 unspecified atom stereocenters. The molecule has 0 aliphatic carbocycles. The molecule has 2 heteroatoms. The van der Waals surface area contributed by atoms with Crippen LogP contribution in [0.15, 0.2) is 60.7 Å². The largest absolute Gasteiger partial charge is 0.298 e. The zero-order valence-electron chi connectivity index (χ0n) is 15.2. The van der Waals surface area contributed by atoms with E-state index in [-0.39, 0.29) is 0 Å². The molecule has 0 amide bonds. The lowest BCUT2D eigenvalue weighted by atomic mass is 9.93. The molecule has 2 aromatic rings. The van der Waals surface area contributed by atoms with Gasteiger partial charge in [0.25, 0.3) is 0 Å². The molecule has 0 N–H and O–H groups in total. The average molecular weight is 322 g/mol. The molecule has 3 rings (SSSR count). The predicted molar refractivity (Wildman–Crippen MR) is 102 cm³/mol. The topological polar surface area (TPSA) is 6.48 Å². The molecule has 1 fully saturated rings. The van der Waals surface area contributed by atoms with Gasteiger partial charge in [-0.05, 0) is 23.6 Å². The standard InChI is InChI=1S/C22H30N2/c1-4-23-15-16-24(17-21(23)18(2)3)22(19-11-7-5-8-12-19)20-13-9-6-10-14-20/h5-14,18,21-22H,4,15-17H2,1-3H3/t21-/m0/s1. The fourth-order valence-electron chi connectivity index (χ4n) is 4.01. The highest BCUT2D eigenvalue weighted by Crippen LogP contribution is 2.31. The monoisotopic (exact) mass is 322 g/mol. The van der Waals surface area contributed by atoms with Crippen molar-refractivity contribution in [2.45, 2.75) is 32.9 Å². The van der Waals surface area contributed by atoms with Crippen molar-refractivity contribution in [1.29, 1.82) is 0 Å². The molecular weight excluding hydrogens is 292 g/mol. The Kier molecular flexibility index (Phi) is 5.70. The van der Waals surface area contributed by atoms with Crippen LogP contribution >= 0.6 is 0 Å². The van der Waals surface area contributed by atoms with Gasteiger partial charge in [-0.2, -0.15) is 0 Å². The third kappa shape index (κ3) is 3.71. The van der Waals surface area contributed by atoms with Crippen LogP contribution in [0.3, 0.4) is 0 Å². The molecule has 2 nitrogen and oxygen atoms in total. The number of rotatable bonds is 5. The summed E-state index contributed by atoms with van der Waals surface area (Å²) in [5, 5.41) is 0. The van der Waals surface area contributed by atoms with Crippen molar-refractivity contribution in [2.24, 2.45) is 5.92 Å². The second-order valence-corrected chi connectivity index (χ2v) is 7.16. The maximum absolute atomic E-state index is 2.68. The Hall–Kier alpha value is -1.64. The van der Waals surface area contributed by atoms with Crippen molar-refractivity contribution in [3.63, 3.8) is 0 Å². The van der Waals surface area contributed by atoms with E-state index < -0.39 is 0 Å². The zero-order valence-corrected chi connectivity index (χ0v) is 15.2. The number of likely N-dealkylation sites (N-methyl/N-ethyl adjacent to an activating group) is 1. The molecule has 0 bridgehead atoms. The summed E-state index contributed by atoms with van der Waals surface area (Å²) in [5.74, 6) is 0.681. The SMILES string of the molecule is CCN1CCN(C(c2ccccc2)c2ccccc2)C[C@H]1C(C)C. The van der Waals surface area contributed by atoms with Gasteiger partial charge in [0.2, 0.25) is 0 Å². The summed E-state index contributed by atoms with van der Waals surface area (Å²) in [6, 6.07) is 22.9. The van der Waals surface area contributed by atoms with Gasteiger partial charge in [-0.3, -0.25) is 9.80 Å². The third-order valence-electron chi connectivity index (χ3n) is 5.34. The molecule has 24 heavy (non-hydrogen) atoms. The Bertz CT molecular complexity index is 569. The minimum Gasteiger partial charge on any atom is -0.298 e. The quantitative estimate of drug-likeness (QED) is 0.803. The first kappa shape index (κ1) is 17.2. The Morgan fingerprint density at radius 2 is 1.42 bits per heavy atom. The van der Waals surface area contributed by atoms with Gasteiger partial charge < -0.3 is 0 Å². The predicted octanol–water partition coefficient (Wildman–Crippen LogP) is 4.44. The second kappa shape index (κ2) is 7.96. The highest BCUT2D eigenvalue weighted by atomic mass is 15.3. The van der Waals surface area contributed by atoms with E-state index >= 15 is 0 Å². The minimum atomic E-state index is 0.354. The highest BCUT2D eigenvalue weighted by Gasteiger charge is 2.32. The highest BCUT2D eigenvalue weighted by molar-refractivity contribution is 5.32. The minimum absolute atomic E-state index is 0.354. The van der Waals surface area contributed by atoms with Crippen LogP contribution in [-0.4, -0.2) is 42.0 Å². The lowest BCUT2D eigenvalue weighted by molar-refractivity contribution is 0.0387.